The number of hydrogen-bond donors (Lipinski definition) is 1. The van der Waals surface area contributed by atoms with Gasteiger partial charge in [-0.05, 0) is 19.4 Å². The van der Waals surface area contributed by atoms with Crippen molar-refractivity contribution in [2.24, 2.45) is 0 Å². The van der Waals surface area contributed by atoms with Crippen molar-refractivity contribution in [1.82, 2.24) is 9.78 Å². The van der Waals surface area contributed by atoms with Crippen molar-refractivity contribution in [3.63, 3.8) is 0 Å². The van der Waals surface area contributed by atoms with E-state index in [4.69, 9.17) is 0 Å². The Morgan fingerprint density at radius 2 is 2.45 bits per heavy atom. The molecule has 3 heteroatoms. The Labute approximate surface area is 73.0 Å². The van der Waals surface area contributed by atoms with Gasteiger partial charge in [0, 0.05) is 18.0 Å². The molecule has 0 aromatic carbocycles. The zero-order chi connectivity index (χ0) is 8.27. The van der Waals surface area contributed by atoms with Crippen LogP contribution in [0, 0.1) is 0 Å². The molecule has 0 aliphatic carbocycles. The van der Waals surface area contributed by atoms with E-state index in [2.05, 4.69) is 31.6 Å². The van der Waals surface area contributed by atoms with Crippen molar-refractivity contribution in [2.75, 3.05) is 0 Å². The Bertz CT molecular complexity index is 220. The summed E-state index contributed by atoms with van der Waals surface area (Å²) < 4.78 is 1.99. The summed E-state index contributed by atoms with van der Waals surface area (Å²) in [4.78, 5) is 0. The van der Waals surface area contributed by atoms with Crippen molar-refractivity contribution in [3.8, 4) is 0 Å². The van der Waals surface area contributed by atoms with Crippen LogP contribution in [0.2, 0.25) is 0 Å². The van der Waals surface area contributed by atoms with Crippen LogP contribution in [0.15, 0.2) is 12.3 Å². The van der Waals surface area contributed by atoms with Crippen molar-refractivity contribution < 1.29 is 0 Å². The Hall–Kier alpha value is -0.440. The molecule has 0 spiro atoms. The highest BCUT2D eigenvalue weighted by Crippen LogP contribution is 2.09. The normalized spacial score (nSPS) is 13.4. The van der Waals surface area contributed by atoms with Crippen molar-refractivity contribution >= 4 is 12.6 Å². The van der Waals surface area contributed by atoms with Crippen molar-refractivity contribution in [3.05, 3.63) is 18.0 Å². The van der Waals surface area contributed by atoms with Gasteiger partial charge in [0.2, 0.25) is 0 Å². The average molecular weight is 170 g/mol. The van der Waals surface area contributed by atoms with E-state index in [1.54, 1.807) is 0 Å². The first-order valence-electron chi connectivity index (χ1n) is 3.92. The molecule has 0 aliphatic heterocycles. The van der Waals surface area contributed by atoms with Gasteiger partial charge in [-0.25, -0.2) is 0 Å². The molecule has 0 fully saturated rings. The summed E-state index contributed by atoms with van der Waals surface area (Å²) in [5, 5.41) is 4.34. The van der Waals surface area contributed by atoms with Crippen molar-refractivity contribution in [2.45, 2.75) is 32.1 Å². The van der Waals surface area contributed by atoms with Crippen LogP contribution in [-0.4, -0.2) is 9.78 Å². The lowest BCUT2D eigenvalue weighted by molar-refractivity contribution is 0.475. The molecule has 1 unspecified atom stereocenters. The minimum absolute atomic E-state index is 0.503. The number of hydrogen-bond acceptors (Lipinski definition) is 2. The van der Waals surface area contributed by atoms with Crippen LogP contribution in [0.4, 0.5) is 0 Å². The molecule has 1 rings (SSSR count). The highest BCUT2D eigenvalue weighted by atomic mass is 32.1. The van der Waals surface area contributed by atoms with Crippen LogP contribution in [0.1, 0.15) is 32.0 Å². The third-order valence-corrected chi connectivity index (χ3v) is 2.19. The molecule has 0 amide bonds. The zero-order valence-corrected chi connectivity index (χ0v) is 7.88. The summed E-state index contributed by atoms with van der Waals surface area (Å²) in [5.74, 6) is 0.726. The van der Waals surface area contributed by atoms with Crippen LogP contribution in [0.5, 0.6) is 0 Å². The summed E-state index contributed by atoms with van der Waals surface area (Å²) in [6, 6.07) is 2.52. The van der Waals surface area contributed by atoms with Gasteiger partial charge in [0.1, 0.15) is 0 Å². The molecule has 2 nitrogen and oxygen atoms in total. The van der Waals surface area contributed by atoms with Gasteiger partial charge in [-0.3, -0.25) is 4.68 Å². The molecule has 0 saturated carbocycles. The number of thiol groups is 1. The number of aromatic nitrogens is 2. The lowest BCUT2D eigenvalue weighted by Crippen LogP contribution is -2.04. The van der Waals surface area contributed by atoms with E-state index in [1.807, 2.05) is 16.9 Å². The largest absolute Gasteiger partial charge is 0.270 e. The predicted molar refractivity (Wildman–Crippen MR) is 49.9 cm³/mol. The van der Waals surface area contributed by atoms with Gasteiger partial charge in [0.15, 0.2) is 0 Å². The summed E-state index contributed by atoms with van der Waals surface area (Å²) in [6.07, 6.45) is 3.13. The second-order valence-electron chi connectivity index (χ2n) is 2.70. The van der Waals surface area contributed by atoms with E-state index in [9.17, 15) is 0 Å². The van der Waals surface area contributed by atoms with E-state index >= 15 is 0 Å². The first-order chi connectivity index (χ1) is 5.27. The molecule has 0 bridgehead atoms. The van der Waals surface area contributed by atoms with Gasteiger partial charge in [0.05, 0.1) is 5.69 Å². The van der Waals surface area contributed by atoms with Gasteiger partial charge in [0.25, 0.3) is 0 Å². The SMILES string of the molecule is CCC(C)n1ccc(CS)n1. The molecule has 1 heterocycles. The highest BCUT2D eigenvalue weighted by Gasteiger charge is 2.02. The van der Waals surface area contributed by atoms with Crippen LogP contribution >= 0.6 is 12.6 Å². The number of nitrogens with zero attached hydrogens (tertiary/aromatic N) is 2. The minimum atomic E-state index is 0.503. The van der Waals surface area contributed by atoms with Crippen LogP contribution < -0.4 is 0 Å². The zero-order valence-electron chi connectivity index (χ0n) is 6.99. The maximum atomic E-state index is 4.34. The molecule has 0 N–H and O–H groups in total. The minimum Gasteiger partial charge on any atom is -0.270 e. The predicted octanol–water partition coefficient (Wildman–Crippen LogP) is 2.28. The highest BCUT2D eigenvalue weighted by molar-refractivity contribution is 7.79. The molecular weight excluding hydrogens is 156 g/mol. The molecule has 11 heavy (non-hydrogen) atoms. The van der Waals surface area contributed by atoms with E-state index in [-0.39, 0.29) is 0 Å². The van der Waals surface area contributed by atoms with Gasteiger partial charge in [-0.15, -0.1) is 0 Å². The third-order valence-electron chi connectivity index (χ3n) is 1.87. The molecule has 0 saturated heterocycles. The second kappa shape index (κ2) is 3.81. The number of rotatable bonds is 3. The molecular formula is C8H14N2S. The standard InChI is InChI=1S/C8H14N2S/c1-3-7(2)10-5-4-8(6-11)9-10/h4-5,7,11H,3,6H2,1-2H3. The quantitative estimate of drug-likeness (QED) is 0.689. The summed E-state index contributed by atoms with van der Waals surface area (Å²) in [7, 11) is 0. The summed E-state index contributed by atoms with van der Waals surface area (Å²) in [6.45, 7) is 4.32. The molecule has 1 atom stereocenters. The molecule has 0 aliphatic rings. The Balaban J connectivity index is 2.71. The lowest BCUT2D eigenvalue weighted by Gasteiger charge is -2.07. The fraction of sp³-hybridized carbons (Fsp3) is 0.625. The fourth-order valence-corrected chi connectivity index (χ4v) is 1.06. The van der Waals surface area contributed by atoms with Crippen LogP contribution in [-0.2, 0) is 5.75 Å². The third kappa shape index (κ3) is 1.99. The molecule has 62 valence electrons. The fourth-order valence-electron chi connectivity index (χ4n) is 0.894. The summed E-state index contributed by atoms with van der Waals surface area (Å²) >= 11 is 4.15. The van der Waals surface area contributed by atoms with Crippen LogP contribution in [0.3, 0.4) is 0 Å². The average Bonchev–Trinajstić information content (AvgIpc) is 2.50. The molecule has 0 radical (unpaired) electrons. The van der Waals surface area contributed by atoms with Crippen molar-refractivity contribution in [1.29, 1.82) is 0 Å². The molecule has 1 aromatic rings. The van der Waals surface area contributed by atoms with Crippen LogP contribution in [0.25, 0.3) is 0 Å². The Kier molecular flexibility index (Phi) is 3.00. The maximum absolute atomic E-state index is 4.34. The Morgan fingerprint density at radius 1 is 1.73 bits per heavy atom. The first kappa shape index (κ1) is 8.65. The lowest BCUT2D eigenvalue weighted by atomic mass is 10.3. The van der Waals surface area contributed by atoms with E-state index < -0.39 is 0 Å². The van der Waals surface area contributed by atoms with E-state index in [0.29, 0.717) is 6.04 Å². The van der Waals surface area contributed by atoms with Gasteiger partial charge < -0.3 is 0 Å². The second-order valence-corrected chi connectivity index (χ2v) is 3.02. The van der Waals surface area contributed by atoms with Gasteiger partial charge in [-0.2, -0.15) is 17.7 Å². The van der Waals surface area contributed by atoms with E-state index in [0.717, 1.165) is 17.9 Å². The van der Waals surface area contributed by atoms with Gasteiger partial charge >= 0.3 is 0 Å². The monoisotopic (exact) mass is 170 g/mol. The molecule has 1 aromatic heterocycles. The maximum Gasteiger partial charge on any atom is 0.0720 e. The summed E-state index contributed by atoms with van der Waals surface area (Å²) in [5.41, 5.74) is 1.05. The topological polar surface area (TPSA) is 17.8 Å². The smallest absolute Gasteiger partial charge is 0.0720 e. The first-order valence-corrected chi connectivity index (χ1v) is 4.56. The van der Waals surface area contributed by atoms with Gasteiger partial charge in [-0.1, -0.05) is 6.92 Å². The Morgan fingerprint density at radius 3 is 2.91 bits per heavy atom. The van der Waals surface area contributed by atoms with E-state index in [1.165, 1.54) is 0 Å².